The molecule has 1 unspecified atom stereocenters. The number of guanidine groups is 1. The zero-order valence-corrected chi connectivity index (χ0v) is 21.0. The summed E-state index contributed by atoms with van der Waals surface area (Å²) in [5.74, 6) is 2.04. The molecule has 30 heavy (non-hydrogen) atoms. The number of hydrogen-bond donors (Lipinski definition) is 2. The molecule has 0 spiro atoms. The lowest BCUT2D eigenvalue weighted by Crippen LogP contribution is -2.43. The second kappa shape index (κ2) is 14.1. The zero-order valence-electron chi connectivity index (χ0n) is 17.9. The monoisotopic (exact) mass is 546 g/mol. The van der Waals surface area contributed by atoms with Crippen LogP contribution in [0.2, 0.25) is 0 Å². The summed E-state index contributed by atoms with van der Waals surface area (Å²) in [6.45, 7) is 3.33. The lowest BCUT2D eigenvalue weighted by atomic mass is 10.3. The number of nitrogens with one attached hydrogen (secondary N) is 2. The number of aliphatic imine (C=N–C) groups is 1. The predicted octanol–water partition coefficient (Wildman–Crippen LogP) is 3.01. The maximum Gasteiger partial charge on any atom is 0.243 e. The minimum absolute atomic E-state index is 0. The number of carbonyl (C=O) groups excluding carboxylic acids is 1. The first kappa shape index (κ1) is 26.0. The third-order valence-corrected chi connectivity index (χ3v) is 4.99. The van der Waals surface area contributed by atoms with Gasteiger partial charge >= 0.3 is 0 Å². The maximum absolute atomic E-state index is 11.9. The van der Waals surface area contributed by atoms with Crippen molar-refractivity contribution in [3.63, 3.8) is 0 Å². The number of thiophene rings is 1. The van der Waals surface area contributed by atoms with E-state index in [1.54, 1.807) is 32.5 Å². The molecule has 1 aromatic carbocycles. The van der Waals surface area contributed by atoms with E-state index in [4.69, 9.17) is 9.47 Å². The van der Waals surface area contributed by atoms with Crippen molar-refractivity contribution in [1.29, 1.82) is 0 Å². The molecule has 0 aliphatic carbocycles. The van der Waals surface area contributed by atoms with Crippen molar-refractivity contribution in [2.75, 3.05) is 40.8 Å². The van der Waals surface area contributed by atoms with Crippen molar-refractivity contribution >= 4 is 47.2 Å². The molecule has 0 saturated heterocycles. The van der Waals surface area contributed by atoms with Crippen molar-refractivity contribution in [3.05, 3.63) is 46.7 Å². The van der Waals surface area contributed by atoms with Crippen LogP contribution in [0.3, 0.4) is 0 Å². The standard InChI is InChI=1S/C21H30N4O3S.HI/c1-16(28-18-8-5-7-17(13-18)27-4)14-23-21(24-15-20(26)25(2)3)22-11-10-19-9-6-12-29-19;/h5-9,12-13,16H,10-11,14-15H2,1-4H3,(H2,22,23,24);1H. The van der Waals surface area contributed by atoms with Gasteiger partial charge in [0.1, 0.15) is 24.1 Å². The number of ether oxygens (including phenoxy) is 2. The fourth-order valence-electron chi connectivity index (χ4n) is 2.41. The molecule has 166 valence electrons. The van der Waals surface area contributed by atoms with Crippen LogP contribution in [0.15, 0.2) is 46.8 Å². The van der Waals surface area contributed by atoms with Gasteiger partial charge in [-0.15, -0.1) is 35.3 Å². The summed E-state index contributed by atoms with van der Waals surface area (Å²) in [5, 5.41) is 8.61. The number of amides is 1. The molecule has 0 saturated carbocycles. The van der Waals surface area contributed by atoms with Gasteiger partial charge in [0.15, 0.2) is 5.96 Å². The van der Waals surface area contributed by atoms with Crippen molar-refractivity contribution < 1.29 is 14.3 Å². The molecule has 1 heterocycles. The van der Waals surface area contributed by atoms with Gasteiger partial charge in [0.05, 0.1) is 13.7 Å². The van der Waals surface area contributed by atoms with Crippen LogP contribution in [-0.4, -0.2) is 63.7 Å². The molecular formula is C21H31IN4O3S. The van der Waals surface area contributed by atoms with E-state index in [1.807, 2.05) is 37.3 Å². The number of benzene rings is 1. The van der Waals surface area contributed by atoms with Crippen molar-refractivity contribution in [2.24, 2.45) is 4.99 Å². The van der Waals surface area contributed by atoms with E-state index in [0.29, 0.717) is 12.5 Å². The van der Waals surface area contributed by atoms with E-state index in [9.17, 15) is 4.79 Å². The minimum Gasteiger partial charge on any atom is -0.497 e. The summed E-state index contributed by atoms with van der Waals surface area (Å²) in [5.41, 5.74) is 0. The Bertz CT molecular complexity index is 784. The molecule has 7 nitrogen and oxygen atoms in total. The Morgan fingerprint density at radius 1 is 1.20 bits per heavy atom. The molecule has 2 aromatic rings. The first-order valence-electron chi connectivity index (χ1n) is 9.53. The van der Waals surface area contributed by atoms with E-state index in [-0.39, 0.29) is 42.5 Å². The van der Waals surface area contributed by atoms with Gasteiger partial charge in [-0.25, -0.2) is 4.99 Å². The van der Waals surface area contributed by atoms with Gasteiger partial charge in [0.2, 0.25) is 5.91 Å². The highest BCUT2D eigenvalue weighted by atomic mass is 127. The van der Waals surface area contributed by atoms with Crippen LogP contribution in [0.5, 0.6) is 11.5 Å². The minimum atomic E-state index is -0.101. The lowest BCUT2D eigenvalue weighted by Gasteiger charge is -2.18. The van der Waals surface area contributed by atoms with Gasteiger partial charge in [-0.1, -0.05) is 12.1 Å². The molecule has 2 N–H and O–H groups in total. The topological polar surface area (TPSA) is 75.2 Å². The SMILES string of the molecule is COc1cccc(OC(C)CNC(=NCC(=O)N(C)C)NCCc2cccs2)c1.I. The number of carbonyl (C=O) groups is 1. The van der Waals surface area contributed by atoms with Crippen molar-refractivity contribution in [2.45, 2.75) is 19.4 Å². The third kappa shape index (κ3) is 9.66. The van der Waals surface area contributed by atoms with Gasteiger partial charge < -0.3 is 25.0 Å². The van der Waals surface area contributed by atoms with E-state index in [0.717, 1.165) is 24.5 Å². The van der Waals surface area contributed by atoms with Crippen LogP contribution in [0.1, 0.15) is 11.8 Å². The molecule has 1 amide bonds. The molecule has 0 aliphatic rings. The molecule has 0 bridgehead atoms. The molecule has 0 fully saturated rings. The van der Waals surface area contributed by atoms with E-state index in [1.165, 1.54) is 9.78 Å². The summed E-state index contributed by atoms with van der Waals surface area (Å²) in [4.78, 5) is 19.1. The molecule has 9 heteroatoms. The summed E-state index contributed by atoms with van der Waals surface area (Å²) in [7, 11) is 5.07. The second-order valence-corrected chi connectivity index (χ2v) is 7.73. The highest BCUT2D eigenvalue weighted by molar-refractivity contribution is 14.0. The van der Waals surface area contributed by atoms with Crippen molar-refractivity contribution in [3.8, 4) is 11.5 Å². The first-order valence-corrected chi connectivity index (χ1v) is 10.4. The van der Waals surface area contributed by atoms with E-state index >= 15 is 0 Å². The van der Waals surface area contributed by atoms with Gasteiger partial charge in [0, 0.05) is 31.6 Å². The molecule has 0 aliphatic heterocycles. The van der Waals surface area contributed by atoms with Crippen molar-refractivity contribution in [1.82, 2.24) is 15.5 Å². The second-order valence-electron chi connectivity index (χ2n) is 6.70. The van der Waals surface area contributed by atoms with Crippen LogP contribution < -0.4 is 20.1 Å². The fraction of sp³-hybridized carbons (Fsp3) is 0.429. The fourth-order valence-corrected chi connectivity index (χ4v) is 3.12. The van der Waals surface area contributed by atoms with Crippen LogP contribution in [0.4, 0.5) is 0 Å². The Labute approximate surface area is 199 Å². The molecular weight excluding hydrogens is 515 g/mol. The molecule has 2 rings (SSSR count). The number of rotatable bonds is 10. The van der Waals surface area contributed by atoms with Crippen LogP contribution >= 0.6 is 35.3 Å². The number of likely N-dealkylation sites (N-methyl/N-ethyl adjacent to an activating group) is 1. The summed E-state index contributed by atoms with van der Waals surface area (Å²) < 4.78 is 11.2. The summed E-state index contributed by atoms with van der Waals surface area (Å²) in [6.07, 6.45) is 0.798. The maximum atomic E-state index is 11.9. The number of hydrogen-bond acceptors (Lipinski definition) is 5. The molecule has 0 radical (unpaired) electrons. The highest BCUT2D eigenvalue weighted by Gasteiger charge is 2.09. The van der Waals surface area contributed by atoms with Gasteiger partial charge in [-0.05, 0) is 36.9 Å². The van der Waals surface area contributed by atoms with Crippen LogP contribution in [-0.2, 0) is 11.2 Å². The zero-order chi connectivity index (χ0) is 21.1. The van der Waals surface area contributed by atoms with E-state index < -0.39 is 0 Å². The van der Waals surface area contributed by atoms with E-state index in [2.05, 4.69) is 27.1 Å². The first-order chi connectivity index (χ1) is 14.0. The molecule has 1 atom stereocenters. The quantitative estimate of drug-likeness (QED) is 0.272. The normalized spacial score (nSPS) is 11.8. The number of nitrogens with zero attached hydrogens (tertiary/aromatic N) is 2. The van der Waals surface area contributed by atoms with Gasteiger partial charge in [0.25, 0.3) is 0 Å². The predicted molar refractivity (Wildman–Crippen MR) is 134 cm³/mol. The third-order valence-electron chi connectivity index (χ3n) is 4.05. The summed E-state index contributed by atoms with van der Waals surface area (Å²) >= 11 is 1.73. The van der Waals surface area contributed by atoms with Crippen LogP contribution in [0, 0.1) is 0 Å². The Kier molecular flexibility index (Phi) is 12.2. The average Bonchev–Trinajstić information content (AvgIpc) is 3.22. The number of halogens is 1. The Morgan fingerprint density at radius 2 is 1.97 bits per heavy atom. The molecule has 1 aromatic heterocycles. The van der Waals surface area contributed by atoms with Gasteiger partial charge in [-0.2, -0.15) is 0 Å². The van der Waals surface area contributed by atoms with Gasteiger partial charge in [-0.3, -0.25) is 4.79 Å². The number of methoxy groups -OCH3 is 1. The average molecular weight is 546 g/mol. The largest absolute Gasteiger partial charge is 0.497 e. The summed E-state index contributed by atoms with van der Waals surface area (Å²) in [6, 6.07) is 11.7. The Morgan fingerprint density at radius 3 is 2.63 bits per heavy atom. The Balaban J connectivity index is 0.00000450. The smallest absolute Gasteiger partial charge is 0.243 e. The lowest BCUT2D eigenvalue weighted by molar-refractivity contribution is -0.127. The highest BCUT2D eigenvalue weighted by Crippen LogP contribution is 2.19. The van der Waals surface area contributed by atoms with Crippen LogP contribution in [0.25, 0.3) is 0 Å². The Hall–Kier alpha value is -2.01.